The van der Waals surface area contributed by atoms with Crippen LogP contribution in [0.5, 0.6) is 11.5 Å². The lowest BCUT2D eigenvalue weighted by atomic mass is 10.0. The number of hydrogen-bond donors (Lipinski definition) is 2. The number of carboxylic acid groups (broad SMARTS) is 1. The molecule has 1 aromatic rings. The van der Waals surface area contributed by atoms with Crippen LogP contribution in [-0.2, 0) is 4.79 Å². The van der Waals surface area contributed by atoms with Crippen LogP contribution in [0.25, 0.3) is 0 Å². The predicted octanol–water partition coefficient (Wildman–Crippen LogP) is 2.12. The maximum absolute atomic E-state index is 12.9. The highest BCUT2D eigenvalue weighted by molar-refractivity contribution is 5.68. The van der Waals surface area contributed by atoms with E-state index in [1.54, 1.807) is 0 Å². The Labute approximate surface area is 108 Å². The number of methoxy groups -OCH3 is 2. The Bertz CT molecular complexity index is 465. The van der Waals surface area contributed by atoms with E-state index in [4.69, 9.17) is 20.3 Å². The summed E-state index contributed by atoms with van der Waals surface area (Å²) < 4.78 is 35.7. The van der Waals surface area contributed by atoms with Gasteiger partial charge in [-0.05, 0) is 17.7 Å². The largest absolute Gasteiger partial charge is 0.493 e. The lowest BCUT2D eigenvalue weighted by Crippen LogP contribution is -2.15. The molecule has 0 saturated heterocycles. The molecular formula is C12H15F2NO4. The summed E-state index contributed by atoms with van der Waals surface area (Å²) in [6.07, 6.45) is -3.14. The van der Waals surface area contributed by atoms with Crippen LogP contribution >= 0.6 is 0 Å². The highest BCUT2D eigenvalue weighted by Gasteiger charge is 2.22. The zero-order valence-electron chi connectivity index (χ0n) is 10.5. The molecule has 0 aliphatic carbocycles. The number of halogens is 2. The Morgan fingerprint density at radius 1 is 1.37 bits per heavy atom. The molecule has 0 amide bonds. The fourth-order valence-electron chi connectivity index (χ4n) is 1.70. The van der Waals surface area contributed by atoms with E-state index < -0.39 is 18.4 Å². The zero-order chi connectivity index (χ0) is 14.6. The molecule has 106 valence electrons. The molecule has 0 saturated carbocycles. The average Bonchev–Trinajstić information content (AvgIpc) is 2.35. The zero-order valence-corrected chi connectivity index (χ0v) is 10.5. The Morgan fingerprint density at radius 3 is 2.42 bits per heavy atom. The van der Waals surface area contributed by atoms with Gasteiger partial charge in [-0.25, -0.2) is 8.78 Å². The molecule has 0 spiro atoms. The van der Waals surface area contributed by atoms with E-state index in [1.807, 2.05) is 0 Å². The summed E-state index contributed by atoms with van der Waals surface area (Å²) in [4.78, 5) is 10.6. The minimum atomic E-state index is -2.78. The van der Waals surface area contributed by atoms with Gasteiger partial charge in [0.15, 0.2) is 11.5 Å². The van der Waals surface area contributed by atoms with Gasteiger partial charge in [-0.3, -0.25) is 4.79 Å². The first-order valence-corrected chi connectivity index (χ1v) is 5.42. The second kappa shape index (κ2) is 6.33. The van der Waals surface area contributed by atoms with Gasteiger partial charge in [-0.15, -0.1) is 0 Å². The number of ether oxygens (including phenoxy) is 2. The molecule has 19 heavy (non-hydrogen) atoms. The van der Waals surface area contributed by atoms with E-state index in [9.17, 15) is 13.6 Å². The molecule has 0 bridgehead atoms. The van der Waals surface area contributed by atoms with E-state index in [0.717, 1.165) is 6.07 Å². The van der Waals surface area contributed by atoms with Crippen molar-refractivity contribution in [3.05, 3.63) is 23.3 Å². The lowest BCUT2D eigenvalue weighted by molar-refractivity contribution is -0.137. The van der Waals surface area contributed by atoms with Crippen LogP contribution in [0, 0.1) is 0 Å². The molecule has 1 atom stereocenters. The van der Waals surface area contributed by atoms with Crippen LogP contribution in [0.4, 0.5) is 8.78 Å². The molecule has 1 rings (SSSR count). The Morgan fingerprint density at radius 2 is 2.00 bits per heavy atom. The van der Waals surface area contributed by atoms with Gasteiger partial charge < -0.3 is 20.3 Å². The highest BCUT2D eigenvalue weighted by Crippen LogP contribution is 2.39. The standard InChI is InChI=1S/C12H15F2NO4/c1-18-9-4-6(8(15)5-10(16)17)3-7(12(13)14)11(9)19-2/h3-4,8,12H,5,15H2,1-2H3,(H,16,17). The van der Waals surface area contributed by atoms with Crippen LogP contribution in [0.2, 0.25) is 0 Å². The van der Waals surface area contributed by atoms with Crippen molar-refractivity contribution >= 4 is 5.97 Å². The third kappa shape index (κ3) is 3.54. The predicted molar refractivity (Wildman–Crippen MR) is 63.7 cm³/mol. The van der Waals surface area contributed by atoms with Crippen molar-refractivity contribution in [2.45, 2.75) is 18.9 Å². The Balaban J connectivity index is 3.27. The molecule has 0 radical (unpaired) electrons. The fraction of sp³-hybridized carbons (Fsp3) is 0.417. The van der Waals surface area contributed by atoms with Crippen LogP contribution in [0.3, 0.4) is 0 Å². The first-order chi connectivity index (χ1) is 8.90. The summed E-state index contributed by atoms with van der Waals surface area (Å²) in [5.41, 5.74) is 5.54. The first kappa shape index (κ1) is 15.2. The third-order valence-corrected chi connectivity index (χ3v) is 2.59. The number of benzene rings is 1. The first-order valence-electron chi connectivity index (χ1n) is 5.42. The van der Waals surface area contributed by atoms with E-state index >= 15 is 0 Å². The second-order valence-electron chi connectivity index (χ2n) is 3.85. The minimum absolute atomic E-state index is 0.0798. The number of aliphatic carboxylic acids is 1. The van der Waals surface area contributed by atoms with E-state index in [1.165, 1.54) is 20.3 Å². The van der Waals surface area contributed by atoms with Crippen molar-refractivity contribution in [1.29, 1.82) is 0 Å². The van der Waals surface area contributed by atoms with E-state index in [-0.39, 0.29) is 29.0 Å². The summed E-state index contributed by atoms with van der Waals surface area (Å²) in [5, 5.41) is 8.67. The molecule has 3 N–H and O–H groups in total. The van der Waals surface area contributed by atoms with Gasteiger partial charge in [-0.1, -0.05) is 0 Å². The minimum Gasteiger partial charge on any atom is -0.493 e. The monoisotopic (exact) mass is 275 g/mol. The third-order valence-electron chi connectivity index (χ3n) is 2.59. The summed E-state index contributed by atoms with van der Waals surface area (Å²) in [6.45, 7) is 0. The van der Waals surface area contributed by atoms with Gasteiger partial charge >= 0.3 is 5.97 Å². The molecule has 0 aliphatic rings. The van der Waals surface area contributed by atoms with E-state index in [0.29, 0.717) is 0 Å². The molecule has 5 nitrogen and oxygen atoms in total. The SMILES string of the molecule is COc1cc(C(N)CC(=O)O)cc(C(F)F)c1OC. The molecular weight excluding hydrogens is 260 g/mol. The van der Waals surface area contributed by atoms with Crippen LogP contribution in [0.1, 0.15) is 30.0 Å². The highest BCUT2D eigenvalue weighted by atomic mass is 19.3. The maximum atomic E-state index is 12.9. The number of nitrogens with two attached hydrogens (primary N) is 1. The average molecular weight is 275 g/mol. The van der Waals surface area contributed by atoms with Gasteiger partial charge in [0.1, 0.15) is 0 Å². The van der Waals surface area contributed by atoms with Crippen LogP contribution in [0.15, 0.2) is 12.1 Å². The normalized spacial score (nSPS) is 12.3. The summed E-state index contributed by atoms with van der Waals surface area (Å²) in [5.74, 6) is -1.10. The quantitative estimate of drug-likeness (QED) is 0.831. The van der Waals surface area contributed by atoms with Crippen LogP contribution < -0.4 is 15.2 Å². The molecule has 7 heteroatoms. The van der Waals surface area contributed by atoms with Crippen molar-refractivity contribution in [2.75, 3.05) is 14.2 Å². The van der Waals surface area contributed by atoms with Crippen molar-refractivity contribution in [3.8, 4) is 11.5 Å². The molecule has 1 aromatic carbocycles. The Kier molecular flexibility index (Phi) is 5.05. The number of carboxylic acids is 1. The number of hydrogen-bond acceptors (Lipinski definition) is 4. The van der Waals surface area contributed by atoms with Crippen molar-refractivity contribution in [2.24, 2.45) is 5.73 Å². The molecule has 0 aromatic heterocycles. The summed E-state index contributed by atoms with van der Waals surface area (Å²) in [6, 6.07) is 1.65. The van der Waals surface area contributed by atoms with Gasteiger partial charge in [0.25, 0.3) is 6.43 Å². The van der Waals surface area contributed by atoms with Crippen molar-refractivity contribution < 1.29 is 28.2 Å². The van der Waals surface area contributed by atoms with Gasteiger partial charge in [0.2, 0.25) is 0 Å². The maximum Gasteiger partial charge on any atom is 0.305 e. The van der Waals surface area contributed by atoms with Gasteiger partial charge in [-0.2, -0.15) is 0 Å². The summed E-state index contributed by atoms with van der Waals surface area (Å²) in [7, 11) is 2.56. The van der Waals surface area contributed by atoms with Crippen molar-refractivity contribution in [1.82, 2.24) is 0 Å². The Hall–Kier alpha value is -1.89. The lowest BCUT2D eigenvalue weighted by Gasteiger charge is -2.17. The van der Waals surface area contributed by atoms with Gasteiger partial charge in [0.05, 0.1) is 26.2 Å². The number of rotatable bonds is 6. The number of alkyl halides is 2. The molecule has 0 heterocycles. The smallest absolute Gasteiger partial charge is 0.305 e. The molecule has 0 fully saturated rings. The number of carbonyl (C=O) groups is 1. The van der Waals surface area contributed by atoms with Gasteiger partial charge in [0, 0.05) is 6.04 Å². The molecule has 0 aliphatic heterocycles. The second-order valence-corrected chi connectivity index (χ2v) is 3.85. The summed E-state index contributed by atoms with van der Waals surface area (Å²) >= 11 is 0. The van der Waals surface area contributed by atoms with E-state index in [2.05, 4.69) is 0 Å². The topological polar surface area (TPSA) is 81.8 Å². The molecule has 1 unspecified atom stereocenters. The van der Waals surface area contributed by atoms with Crippen molar-refractivity contribution in [3.63, 3.8) is 0 Å². The fourth-order valence-corrected chi connectivity index (χ4v) is 1.70. The van der Waals surface area contributed by atoms with Crippen LogP contribution in [-0.4, -0.2) is 25.3 Å².